The Hall–Kier alpha value is -0.520. The molecule has 5 heteroatoms. The van der Waals surface area contributed by atoms with E-state index in [2.05, 4.69) is 25.9 Å². The molecule has 1 aromatic rings. The summed E-state index contributed by atoms with van der Waals surface area (Å²) >= 11 is 3.42. The number of aromatic nitrogens is 2. The number of halogens is 1. The van der Waals surface area contributed by atoms with Crippen molar-refractivity contribution in [2.75, 3.05) is 0 Å². The maximum absolute atomic E-state index is 5.27. The smallest absolute Gasteiger partial charge is 0.131 e. The van der Waals surface area contributed by atoms with Gasteiger partial charge in [-0.3, -0.25) is 4.84 Å². The van der Waals surface area contributed by atoms with Crippen LogP contribution in [0.4, 0.5) is 0 Å². The van der Waals surface area contributed by atoms with E-state index in [1.165, 1.54) is 12.8 Å². The standard InChI is InChI=1S/C10H14BrN3O/c1-10(2,15-12)8-7(11)5-13-9(14-8)6-3-4-6/h5-6H,3-4,12H2,1-2H3. The molecule has 1 saturated carbocycles. The van der Waals surface area contributed by atoms with E-state index in [9.17, 15) is 0 Å². The van der Waals surface area contributed by atoms with Crippen LogP contribution in [-0.4, -0.2) is 9.97 Å². The molecule has 0 saturated heterocycles. The zero-order chi connectivity index (χ0) is 11.1. The fraction of sp³-hybridized carbons (Fsp3) is 0.600. The quantitative estimate of drug-likeness (QED) is 0.857. The van der Waals surface area contributed by atoms with Gasteiger partial charge >= 0.3 is 0 Å². The Morgan fingerprint density at radius 1 is 1.53 bits per heavy atom. The lowest BCUT2D eigenvalue weighted by Crippen LogP contribution is -2.27. The minimum atomic E-state index is -0.592. The first kappa shape index (κ1) is 11.0. The molecule has 0 aromatic carbocycles. The lowest BCUT2D eigenvalue weighted by Gasteiger charge is -2.22. The highest BCUT2D eigenvalue weighted by Gasteiger charge is 2.31. The van der Waals surface area contributed by atoms with Crippen LogP contribution < -0.4 is 5.90 Å². The topological polar surface area (TPSA) is 61.0 Å². The summed E-state index contributed by atoms with van der Waals surface area (Å²) in [5.74, 6) is 6.70. The molecule has 0 bridgehead atoms. The molecule has 1 aromatic heterocycles. The van der Waals surface area contributed by atoms with Crippen molar-refractivity contribution in [3.05, 3.63) is 22.2 Å². The van der Waals surface area contributed by atoms with Crippen LogP contribution >= 0.6 is 15.9 Å². The van der Waals surface area contributed by atoms with Gasteiger partial charge in [-0.1, -0.05) is 0 Å². The molecular formula is C10H14BrN3O. The second-order valence-corrected chi connectivity index (χ2v) is 5.18. The van der Waals surface area contributed by atoms with Crippen LogP contribution in [0.5, 0.6) is 0 Å². The molecule has 1 aliphatic rings. The fourth-order valence-electron chi connectivity index (χ4n) is 1.40. The first-order valence-electron chi connectivity index (χ1n) is 4.95. The lowest BCUT2D eigenvalue weighted by atomic mass is 10.1. The molecule has 1 aliphatic carbocycles. The Balaban J connectivity index is 2.40. The Morgan fingerprint density at radius 3 is 2.73 bits per heavy atom. The van der Waals surface area contributed by atoms with Gasteiger partial charge in [0, 0.05) is 12.1 Å². The van der Waals surface area contributed by atoms with Gasteiger partial charge in [0.2, 0.25) is 0 Å². The summed E-state index contributed by atoms with van der Waals surface area (Å²) in [6.07, 6.45) is 4.15. The Kier molecular flexibility index (Phi) is 2.79. The van der Waals surface area contributed by atoms with Crippen LogP contribution in [0.3, 0.4) is 0 Å². The predicted molar refractivity (Wildman–Crippen MR) is 60.0 cm³/mol. The van der Waals surface area contributed by atoms with E-state index in [0.717, 1.165) is 16.0 Å². The van der Waals surface area contributed by atoms with Gasteiger partial charge in [0.25, 0.3) is 0 Å². The third kappa shape index (κ3) is 2.19. The first-order valence-corrected chi connectivity index (χ1v) is 5.74. The number of nitrogens with zero attached hydrogens (tertiary/aromatic N) is 2. The highest BCUT2D eigenvalue weighted by Crippen LogP contribution is 2.39. The van der Waals surface area contributed by atoms with Crippen LogP contribution in [0.15, 0.2) is 10.7 Å². The SMILES string of the molecule is CC(C)(ON)c1nc(C2CC2)ncc1Br. The molecule has 4 nitrogen and oxygen atoms in total. The monoisotopic (exact) mass is 271 g/mol. The summed E-state index contributed by atoms with van der Waals surface area (Å²) in [7, 11) is 0. The summed E-state index contributed by atoms with van der Waals surface area (Å²) < 4.78 is 0.836. The van der Waals surface area contributed by atoms with Gasteiger partial charge in [-0.25, -0.2) is 15.9 Å². The van der Waals surface area contributed by atoms with Crippen molar-refractivity contribution in [3.63, 3.8) is 0 Å². The first-order chi connectivity index (χ1) is 7.04. The van der Waals surface area contributed by atoms with Crippen LogP contribution in [0.2, 0.25) is 0 Å². The zero-order valence-corrected chi connectivity index (χ0v) is 10.4. The van der Waals surface area contributed by atoms with E-state index in [0.29, 0.717) is 5.92 Å². The number of rotatable bonds is 3. The molecule has 1 heterocycles. The van der Waals surface area contributed by atoms with E-state index in [1.54, 1.807) is 6.20 Å². The van der Waals surface area contributed by atoms with Gasteiger partial charge in [-0.05, 0) is 42.6 Å². The average molecular weight is 272 g/mol. The minimum Gasteiger partial charge on any atom is -0.292 e. The molecule has 0 spiro atoms. The third-order valence-corrected chi connectivity index (χ3v) is 3.15. The van der Waals surface area contributed by atoms with Gasteiger partial charge in [-0.15, -0.1) is 0 Å². The fourth-order valence-corrected chi connectivity index (χ4v) is 2.07. The third-order valence-electron chi connectivity index (χ3n) is 2.57. The highest BCUT2D eigenvalue weighted by atomic mass is 79.9. The predicted octanol–water partition coefficient (Wildman–Crippen LogP) is 2.24. The van der Waals surface area contributed by atoms with E-state index >= 15 is 0 Å². The van der Waals surface area contributed by atoms with Crippen LogP contribution in [-0.2, 0) is 10.4 Å². The van der Waals surface area contributed by atoms with E-state index < -0.39 is 5.60 Å². The van der Waals surface area contributed by atoms with Crippen LogP contribution in [0, 0.1) is 0 Å². The van der Waals surface area contributed by atoms with Crippen molar-refractivity contribution in [3.8, 4) is 0 Å². The van der Waals surface area contributed by atoms with Crippen molar-refractivity contribution in [1.29, 1.82) is 0 Å². The van der Waals surface area contributed by atoms with Gasteiger partial charge in [-0.2, -0.15) is 0 Å². The largest absolute Gasteiger partial charge is 0.292 e. The van der Waals surface area contributed by atoms with E-state index in [1.807, 2.05) is 13.8 Å². The molecule has 15 heavy (non-hydrogen) atoms. The Morgan fingerprint density at radius 2 is 2.20 bits per heavy atom. The lowest BCUT2D eigenvalue weighted by molar-refractivity contribution is -0.0276. The molecule has 0 radical (unpaired) electrons. The Bertz CT molecular complexity index is 377. The van der Waals surface area contributed by atoms with Gasteiger partial charge in [0.1, 0.15) is 11.4 Å². The summed E-state index contributed by atoms with van der Waals surface area (Å²) in [5, 5.41) is 0. The van der Waals surface area contributed by atoms with Gasteiger partial charge in [0.05, 0.1) is 10.2 Å². The van der Waals surface area contributed by atoms with Crippen molar-refractivity contribution in [2.45, 2.75) is 38.2 Å². The summed E-state index contributed by atoms with van der Waals surface area (Å²) in [4.78, 5) is 13.7. The molecule has 82 valence electrons. The molecule has 0 atom stereocenters. The molecule has 0 aliphatic heterocycles. The van der Waals surface area contributed by atoms with Crippen molar-refractivity contribution in [1.82, 2.24) is 9.97 Å². The second-order valence-electron chi connectivity index (χ2n) is 4.33. The summed E-state index contributed by atoms with van der Waals surface area (Å²) in [6.45, 7) is 3.77. The molecule has 2 rings (SSSR count). The molecule has 0 amide bonds. The van der Waals surface area contributed by atoms with E-state index in [-0.39, 0.29) is 0 Å². The number of hydrogen-bond acceptors (Lipinski definition) is 4. The van der Waals surface area contributed by atoms with Crippen molar-refractivity contribution >= 4 is 15.9 Å². The molecule has 1 fully saturated rings. The highest BCUT2D eigenvalue weighted by molar-refractivity contribution is 9.10. The van der Waals surface area contributed by atoms with Crippen molar-refractivity contribution < 1.29 is 4.84 Å². The number of nitrogens with two attached hydrogens (primary N) is 1. The van der Waals surface area contributed by atoms with Crippen molar-refractivity contribution in [2.24, 2.45) is 5.90 Å². The normalized spacial score (nSPS) is 16.8. The zero-order valence-electron chi connectivity index (χ0n) is 8.83. The average Bonchev–Trinajstić information content (AvgIpc) is 3.02. The van der Waals surface area contributed by atoms with Gasteiger partial charge < -0.3 is 0 Å². The van der Waals surface area contributed by atoms with Crippen LogP contribution in [0.1, 0.15) is 44.1 Å². The summed E-state index contributed by atoms with van der Waals surface area (Å²) in [6, 6.07) is 0. The van der Waals surface area contributed by atoms with E-state index in [4.69, 9.17) is 10.7 Å². The molecular weight excluding hydrogens is 258 g/mol. The van der Waals surface area contributed by atoms with Gasteiger partial charge in [0.15, 0.2) is 0 Å². The second kappa shape index (κ2) is 3.81. The molecule has 0 unspecified atom stereocenters. The summed E-state index contributed by atoms with van der Waals surface area (Å²) in [5.41, 5.74) is 0.215. The maximum Gasteiger partial charge on any atom is 0.131 e. The molecule has 2 N–H and O–H groups in total. The van der Waals surface area contributed by atoms with Crippen LogP contribution in [0.25, 0.3) is 0 Å². The maximum atomic E-state index is 5.27. The minimum absolute atomic E-state index is 0.533. The number of hydrogen-bond donors (Lipinski definition) is 1. The Labute approximate surface area is 97.3 Å².